The van der Waals surface area contributed by atoms with E-state index < -0.39 is 0 Å². The molecule has 2 aromatic heterocycles. The number of pyridine rings is 1. The number of aromatic nitrogens is 4. The zero-order valence-electron chi connectivity index (χ0n) is 15.1. The van der Waals surface area contributed by atoms with E-state index in [1.165, 1.54) is 11.1 Å². The summed E-state index contributed by atoms with van der Waals surface area (Å²) in [5, 5.41) is 10.2. The van der Waals surface area contributed by atoms with Gasteiger partial charge in [0.25, 0.3) is 0 Å². The Hall–Kier alpha value is -2.92. The normalized spacial score (nSPS) is 12.0. The molecule has 0 N–H and O–H groups in total. The molecule has 0 fully saturated rings. The van der Waals surface area contributed by atoms with Crippen LogP contribution in [0.25, 0.3) is 11.4 Å². The molecule has 1 atom stereocenters. The summed E-state index contributed by atoms with van der Waals surface area (Å²) in [6.07, 6.45) is 3.58. The van der Waals surface area contributed by atoms with E-state index in [1.54, 1.807) is 24.2 Å². The molecule has 0 aliphatic rings. The number of hydrogen-bond donors (Lipinski definition) is 0. The summed E-state index contributed by atoms with van der Waals surface area (Å²) in [4.78, 5) is 4.12. The number of thioether (sulfide) groups is 1. The van der Waals surface area contributed by atoms with Gasteiger partial charge >= 0.3 is 0 Å². The highest BCUT2D eigenvalue weighted by Crippen LogP contribution is 2.35. The molecule has 5 heteroatoms. The Morgan fingerprint density at radius 1 is 0.852 bits per heavy atom. The van der Waals surface area contributed by atoms with E-state index >= 15 is 0 Å². The molecule has 0 radical (unpaired) electrons. The van der Waals surface area contributed by atoms with Crippen LogP contribution in [0.4, 0.5) is 0 Å². The largest absolute Gasteiger partial charge is 0.298 e. The molecule has 2 heterocycles. The summed E-state index contributed by atoms with van der Waals surface area (Å²) < 4.78 is 2.19. The van der Waals surface area contributed by atoms with Crippen molar-refractivity contribution in [1.82, 2.24) is 19.7 Å². The summed E-state index contributed by atoms with van der Waals surface area (Å²) in [5.74, 6) is 0.865. The molecule has 0 aliphatic heterocycles. The molecule has 0 bridgehead atoms. The Balaban J connectivity index is 1.69. The fourth-order valence-electron chi connectivity index (χ4n) is 2.95. The van der Waals surface area contributed by atoms with Crippen molar-refractivity contribution >= 4 is 11.8 Å². The minimum atomic E-state index is 0.287. The van der Waals surface area contributed by atoms with E-state index in [-0.39, 0.29) is 5.25 Å². The zero-order chi connectivity index (χ0) is 18.5. The molecule has 0 saturated carbocycles. The first-order chi connectivity index (χ1) is 13.3. The van der Waals surface area contributed by atoms with Crippen LogP contribution in [-0.4, -0.2) is 19.7 Å². The fourth-order valence-corrected chi connectivity index (χ4v) is 3.92. The van der Waals surface area contributed by atoms with Crippen molar-refractivity contribution in [3.8, 4) is 11.4 Å². The maximum absolute atomic E-state index is 4.51. The van der Waals surface area contributed by atoms with Gasteiger partial charge < -0.3 is 0 Å². The van der Waals surface area contributed by atoms with Gasteiger partial charge in [0.05, 0.1) is 6.54 Å². The van der Waals surface area contributed by atoms with E-state index in [4.69, 9.17) is 0 Å². The number of benzene rings is 2. The van der Waals surface area contributed by atoms with Gasteiger partial charge in [0.15, 0.2) is 11.0 Å². The van der Waals surface area contributed by atoms with Gasteiger partial charge in [-0.15, -0.1) is 10.2 Å². The van der Waals surface area contributed by atoms with Crippen molar-refractivity contribution in [3.63, 3.8) is 0 Å². The Labute approximate surface area is 163 Å². The fraction of sp³-hybridized carbons (Fsp3) is 0.136. The molecule has 1 unspecified atom stereocenters. The molecule has 27 heavy (non-hydrogen) atoms. The molecule has 134 valence electrons. The zero-order valence-corrected chi connectivity index (χ0v) is 15.9. The van der Waals surface area contributed by atoms with Crippen LogP contribution in [0.5, 0.6) is 0 Å². The van der Waals surface area contributed by atoms with Gasteiger partial charge in [-0.1, -0.05) is 72.4 Å². The van der Waals surface area contributed by atoms with Crippen molar-refractivity contribution < 1.29 is 0 Å². The van der Waals surface area contributed by atoms with Crippen molar-refractivity contribution in [1.29, 1.82) is 0 Å². The monoisotopic (exact) mass is 372 g/mol. The lowest BCUT2D eigenvalue weighted by atomic mass is 10.2. The highest BCUT2D eigenvalue weighted by Gasteiger charge is 2.18. The first-order valence-electron chi connectivity index (χ1n) is 8.90. The maximum Gasteiger partial charge on any atom is 0.192 e. The molecule has 0 aliphatic carbocycles. The topological polar surface area (TPSA) is 43.6 Å². The SMILES string of the molecule is CC(Sc1nnc(-c2ccncc2)n1Cc1ccccc1)c1ccccc1. The molecule has 4 nitrogen and oxygen atoms in total. The molecule has 0 saturated heterocycles. The average Bonchev–Trinajstić information content (AvgIpc) is 3.12. The van der Waals surface area contributed by atoms with Crippen molar-refractivity contribution in [2.24, 2.45) is 0 Å². The van der Waals surface area contributed by atoms with Crippen LogP contribution in [0.15, 0.2) is 90.3 Å². The Kier molecular flexibility index (Phi) is 5.30. The minimum Gasteiger partial charge on any atom is -0.298 e. The lowest BCUT2D eigenvalue weighted by molar-refractivity contribution is 0.712. The Bertz CT molecular complexity index is 985. The van der Waals surface area contributed by atoms with Crippen LogP contribution in [0, 0.1) is 0 Å². The maximum atomic E-state index is 4.51. The lowest BCUT2D eigenvalue weighted by Crippen LogP contribution is -2.05. The predicted octanol–water partition coefficient (Wildman–Crippen LogP) is 5.24. The Morgan fingerprint density at radius 3 is 2.22 bits per heavy atom. The van der Waals surface area contributed by atoms with Crippen LogP contribution < -0.4 is 0 Å². The molecule has 2 aromatic carbocycles. The van der Waals surface area contributed by atoms with Crippen molar-refractivity contribution in [3.05, 3.63) is 96.3 Å². The smallest absolute Gasteiger partial charge is 0.192 e. The molecular weight excluding hydrogens is 352 g/mol. The molecule has 0 spiro atoms. The highest BCUT2D eigenvalue weighted by molar-refractivity contribution is 7.99. The van der Waals surface area contributed by atoms with Crippen molar-refractivity contribution in [2.45, 2.75) is 23.9 Å². The molecular formula is C22H20N4S. The van der Waals surface area contributed by atoms with Gasteiger partial charge in [0.1, 0.15) is 0 Å². The van der Waals surface area contributed by atoms with Crippen LogP contribution in [-0.2, 0) is 6.54 Å². The third-order valence-electron chi connectivity index (χ3n) is 4.39. The summed E-state index contributed by atoms with van der Waals surface area (Å²) in [6, 6.07) is 24.9. The van der Waals surface area contributed by atoms with E-state index in [9.17, 15) is 0 Å². The van der Waals surface area contributed by atoms with Crippen molar-refractivity contribution in [2.75, 3.05) is 0 Å². The lowest BCUT2D eigenvalue weighted by Gasteiger charge is -2.14. The van der Waals surface area contributed by atoms with Gasteiger partial charge in [-0.25, -0.2) is 0 Å². The van der Waals surface area contributed by atoms with Gasteiger partial charge in [0.2, 0.25) is 0 Å². The third-order valence-corrected chi connectivity index (χ3v) is 5.53. The van der Waals surface area contributed by atoms with Crippen LogP contribution in [0.3, 0.4) is 0 Å². The second-order valence-corrected chi connectivity index (χ2v) is 7.59. The van der Waals surface area contributed by atoms with Gasteiger partial charge in [0, 0.05) is 23.2 Å². The van der Waals surface area contributed by atoms with Gasteiger partial charge in [-0.2, -0.15) is 0 Å². The summed E-state index contributed by atoms with van der Waals surface area (Å²) in [6.45, 7) is 2.93. The van der Waals surface area contributed by atoms with E-state index in [0.717, 1.165) is 23.1 Å². The predicted molar refractivity (Wildman–Crippen MR) is 110 cm³/mol. The van der Waals surface area contributed by atoms with Crippen LogP contribution in [0.2, 0.25) is 0 Å². The molecule has 0 amide bonds. The number of hydrogen-bond acceptors (Lipinski definition) is 4. The van der Waals surface area contributed by atoms with Gasteiger partial charge in [-0.05, 0) is 30.2 Å². The summed E-state index contributed by atoms with van der Waals surface area (Å²) in [5.41, 5.74) is 3.52. The van der Waals surface area contributed by atoms with E-state index in [0.29, 0.717) is 0 Å². The average molecular weight is 372 g/mol. The standard InChI is InChI=1S/C22H20N4S/c1-17(19-10-6-3-7-11-19)27-22-25-24-21(20-12-14-23-15-13-20)26(22)16-18-8-4-2-5-9-18/h2-15,17H,16H2,1H3. The van der Waals surface area contributed by atoms with Gasteiger partial charge in [-0.3, -0.25) is 9.55 Å². The number of nitrogens with zero attached hydrogens (tertiary/aromatic N) is 4. The second kappa shape index (κ2) is 8.18. The quantitative estimate of drug-likeness (QED) is 0.434. The minimum absolute atomic E-state index is 0.287. The summed E-state index contributed by atoms with van der Waals surface area (Å²) in [7, 11) is 0. The third kappa shape index (κ3) is 4.09. The van der Waals surface area contributed by atoms with E-state index in [2.05, 4.69) is 75.2 Å². The van der Waals surface area contributed by atoms with Crippen LogP contribution in [0.1, 0.15) is 23.3 Å². The second-order valence-electron chi connectivity index (χ2n) is 6.28. The summed E-state index contributed by atoms with van der Waals surface area (Å²) >= 11 is 1.73. The highest BCUT2D eigenvalue weighted by atomic mass is 32.2. The first kappa shape index (κ1) is 17.5. The molecule has 4 rings (SSSR count). The van der Waals surface area contributed by atoms with E-state index in [1.807, 2.05) is 24.3 Å². The Morgan fingerprint density at radius 2 is 1.52 bits per heavy atom. The molecule has 4 aromatic rings. The first-order valence-corrected chi connectivity index (χ1v) is 9.78. The number of rotatable bonds is 6. The van der Waals surface area contributed by atoms with Crippen LogP contribution >= 0.6 is 11.8 Å².